The van der Waals surface area contributed by atoms with Crippen LogP contribution in [0.5, 0.6) is 0 Å². The van der Waals surface area contributed by atoms with Crippen LogP contribution < -0.4 is 5.32 Å². The maximum atomic E-state index is 11.8. The van der Waals surface area contributed by atoms with Crippen molar-refractivity contribution in [1.82, 2.24) is 10.1 Å². The highest BCUT2D eigenvalue weighted by molar-refractivity contribution is 5.94. The standard InChI is InChI=1S/C12H17N3O3/c1-3-15(12(17)9-4-5-9)7-11(16)13-10-6-8(2)18-14-10/h6,9H,3-5,7H2,1-2H3,(H,13,14,16). The Kier molecular flexibility index (Phi) is 3.64. The molecule has 0 aliphatic heterocycles. The Labute approximate surface area is 105 Å². The second kappa shape index (κ2) is 5.20. The third-order valence-corrected chi connectivity index (χ3v) is 2.85. The van der Waals surface area contributed by atoms with Gasteiger partial charge < -0.3 is 14.7 Å². The summed E-state index contributed by atoms with van der Waals surface area (Å²) < 4.78 is 4.85. The quantitative estimate of drug-likeness (QED) is 0.852. The number of nitrogens with one attached hydrogen (secondary N) is 1. The van der Waals surface area contributed by atoms with E-state index in [-0.39, 0.29) is 24.3 Å². The molecule has 0 spiro atoms. The molecule has 1 aromatic rings. The van der Waals surface area contributed by atoms with E-state index < -0.39 is 0 Å². The van der Waals surface area contributed by atoms with Crippen molar-refractivity contribution in [3.05, 3.63) is 11.8 Å². The maximum absolute atomic E-state index is 11.8. The third-order valence-electron chi connectivity index (χ3n) is 2.85. The number of rotatable bonds is 5. The minimum absolute atomic E-state index is 0.0672. The summed E-state index contributed by atoms with van der Waals surface area (Å²) in [7, 11) is 0. The molecule has 2 amide bonds. The lowest BCUT2D eigenvalue weighted by Gasteiger charge is -2.19. The molecule has 18 heavy (non-hydrogen) atoms. The number of carbonyl (C=O) groups is 2. The molecular weight excluding hydrogens is 234 g/mol. The molecule has 1 saturated carbocycles. The van der Waals surface area contributed by atoms with Crippen molar-refractivity contribution in [3.8, 4) is 0 Å². The van der Waals surface area contributed by atoms with E-state index in [0.29, 0.717) is 18.1 Å². The van der Waals surface area contributed by atoms with Gasteiger partial charge in [-0.05, 0) is 26.7 Å². The summed E-state index contributed by atoms with van der Waals surface area (Å²) >= 11 is 0. The number of hydrogen-bond donors (Lipinski definition) is 1. The van der Waals surface area contributed by atoms with Crippen LogP contribution in [0.4, 0.5) is 5.82 Å². The fraction of sp³-hybridized carbons (Fsp3) is 0.583. The maximum Gasteiger partial charge on any atom is 0.245 e. The van der Waals surface area contributed by atoms with Crippen molar-refractivity contribution in [2.24, 2.45) is 5.92 Å². The first-order chi connectivity index (χ1) is 8.60. The lowest BCUT2D eigenvalue weighted by Crippen LogP contribution is -2.38. The molecule has 1 heterocycles. The van der Waals surface area contributed by atoms with Crippen molar-refractivity contribution >= 4 is 17.6 Å². The van der Waals surface area contributed by atoms with Crippen molar-refractivity contribution in [3.63, 3.8) is 0 Å². The average molecular weight is 251 g/mol. The molecular formula is C12H17N3O3. The Hall–Kier alpha value is -1.85. The number of aromatic nitrogens is 1. The molecule has 1 N–H and O–H groups in total. The summed E-state index contributed by atoms with van der Waals surface area (Å²) in [6.45, 7) is 4.23. The average Bonchev–Trinajstić information content (AvgIpc) is 3.10. The summed E-state index contributed by atoms with van der Waals surface area (Å²) in [5.74, 6) is 0.967. The summed E-state index contributed by atoms with van der Waals surface area (Å²) in [6.07, 6.45) is 1.89. The highest BCUT2D eigenvalue weighted by Gasteiger charge is 2.33. The Morgan fingerprint density at radius 1 is 1.56 bits per heavy atom. The van der Waals surface area contributed by atoms with Gasteiger partial charge >= 0.3 is 0 Å². The zero-order valence-electron chi connectivity index (χ0n) is 10.6. The Morgan fingerprint density at radius 3 is 2.78 bits per heavy atom. The van der Waals surface area contributed by atoms with E-state index >= 15 is 0 Å². The topological polar surface area (TPSA) is 75.4 Å². The van der Waals surface area contributed by atoms with Crippen molar-refractivity contribution in [2.45, 2.75) is 26.7 Å². The lowest BCUT2D eigenvalue weighted by atomic mass is 10.3. The molecule has 0 radical (unpaired) electrons. The molecule has 1 aliphatic rings. The highest BCUT2D eigenvalue weighted by Crippen LogP contribution is 2.30. The summed E-state index contributed by atoms with van der Waals surface area (Å²) in [5.41, 5.74) is 0. The van der Waals surface area contributed by atoms with Gasteiger partial charge in [0.1, 0.15) is 5.76 Å². The van der Waals surface area contributed by atoms with E-state index in [2.05, 4.69) is 10.5 Å². The molecule has 0 bridgehead atoms. The van der Waals surface area contributed by atoms with Crippen LogP contribution in [0.25, 0.3) is 0 Å². The smallest absolute Gasteiger partial charge is 0.245 e. The monoisotopic (exact) mass is 251 g/mol. The largest absolute Gasteiger partial charge is 0.360 e. The number of likely N-dealkylation sites (N-methyl/N-ethyl adjacent to an activating group) is 1. The van der Waals surface area contributed by atoms with E-state index in [1.807, 2.05) is 6.92 Å². The molecule has 0 atom stereocenters. The van der Waals surface area contributed by atoms with Crippen LogP contribution in [0.2, 0.25) is 0 Å². The SMILES string of the molecule is CCN(CC(=O)Nc1cc(C)on1)C(=O)C1CC1. The second-order valence-electron chi connectivity index (χ2n) is 4.50. The zero-order valence-corrected chi connectivity index (χ0v) is 10.6. The first kappa shape index (κ1) is 12.6. The molecule has 1 aliphatic carbocycles. The minimum atomic E-state index is -0.251. The van der Waals surface area contributed by atoms with Crippen molar-refractivity contribution < 1.29 is 14.1 Å². The van der Waals surface area contributed by atoms with Crippen LogP contribution in [-0.2, 0) is 9.59 Å². The lowest BCUT2D eigenvalue weighted by molar-refractivity contribution is -0.135. The first-order valence-corrected chi connectivity index (χ1v) is 6.12. The Bertz CT molecular complexity index is 451. The number of aryl methyl sites for hydroxylation is 1. The summed E-state index contributed by atoms with van der Waals surface area (Å²) in [6, 6.07) is 1.64. The number of carbonyl (C=O) groups excluding carboxylic acids is 2. The number of hydrogen-bond acceptors (Lipinski definition) is 4. The van der Waals surface area contributed by atoms with E-state index in [1.165, 1.54) is 0 Å². The molecule has 2 rings (SSSR count). The molecule has 6 nitrogen and oxygen atoms in total. The van der Waals surface area contributed by atoms with E-state index in [0.717, 1.165) is 12.8 Å². The van der Waals surface area contributed by atoms with E-state index in [1.54, 1.807) is 17.9 Å². The van der Waals surface area contributed by atoms with Gasteiger partial charge in [0.05, 0.1) is 6.54 Å². The molecule has 1 fully saturated rings. The van der Waals surface area contributed by atoms with Crippen molar-refractivity contribution in [2.75, 3.05) is 18.4 Å². The zero-order chi connectivity index (χ0) is 13.1. The molecule has 0 saturated heterocycles. The van der Waals surface area contributed by atoms with Crippen LogP contribution in [0.1, 0.15) is 25.5 Å². The molecule has 0 unspecified atom stereocenters. The van der Waals surface area contributed by atoms with Crippen LogP contribution in [0.3, 0.4) is 0 Å². The van der Waals surface area contributed by atoms with Gasteiger partial charge in [0.2, 0.25) is 11.8 Å². The van der Waals surface area contributed by atoms with Gasteiger partial charge in [-0.15, -0.1) is 0 Å². The van der Waals surface area contributed by atoms with Gasteiger partial charge in [-0.3, -0.25) is 9.59 Å². The Morgan fingerprint density at radius 2 is 2.28 bits per heavy atom. The van der Waals surface area contributed by atoms with Crippen LogP contribution >= 0.6 is 0 Å². The number of anilines is 1. The molecule has 0 aromatic carbocycles. The number of nitrogens with zero attached hydrogens (tertiary/aromatic N) is 2. The van der Waals surface area contributed by atoms with Crippen LogP contribution in [0.15, 0.2) is 10.6 Å². The predicted octanol–water partition coefficient (Wildman–Crippen LogP) is 1.18. The van der Waals surface area contributed by atoms with Gasteiger partial charge in [-0.2, -0.15) is 0 Å². The van der Waals surface area contributed by atoms with Gasteiger partial charge in [0.15, 0.2) is 5.82 Å². The fourth-order valence-corrected chi connectivity index (χ4v) is 1.72. The number of amides is 2. The van der Waals surface area contributed by atoms with Crippen LogP contribution in [-0.4, -0.2) is 35.0 Å². The van der Waals surface area contributed by atoms with Crippen LogP contribution in [0, 0.1) is 12.8 Å². The third kappa shape index (κ3) is 3.09. The van der Waals surface area contributed by atoms with E-state index in [9.17, 15) is 9.59 Å². The minimum Gasteiger partial charge on any atom is -0.360 e. The molecule has 6 heteroatoms. The fourth-order valence-electron chi connectivity index (χ4n) is 1.72. The summed E-state index contributed by atoms with van der Waals surface area (Å²) in [5, 5.41) is 6.27. The second-order valence-corrected chi connectivity index (χ2v) is 4.50. The molecule has 1 aromatic heterocycles. The van der Waals surface area contributed by atoms with Gasteiger partial charge in [0, 0.05) is 18.5 Å². The van der Waals surface area contributed by atoms with Gasteiger partial charge in [0.25, 0.3) is 0 Å². The van der Waals surface area contributed by atoms with E-state index in [4.69, 9.17) is 4.52 Å². The highest BCUT2D eigenvalue weighted by atomic mass is 16.5. The Balaban J connectivity index is 1.87. The van der Waals surface area contributed by atoms with Gasteiger partial charge in [-0.1, -0.05) is 5.16 Å². The van der Waals surface area contributed by atoms with Crippen molar-refractivity contribution in [1.29, 1.82) is 0 Å². The molecule has 98 valence electrons. The summed E-state index contributed by atoms with van der Waals surface area (Å²) in [4.78, 5) is 25.2. The normalized spacial score (nSPS) is 14.3. The van der Waals surface area contributed by atoms with Gasteiger partial charge in [-0.25, -0.2) is 0 Å². The predicted molar refractivity (Wildman–Crippen MR) is 64.8 cm³/mol. The first-order valence-electron chi connectivity index (χ1n) is 6.12.